The largest absolute Gasteiger partial charge is 0.337 e. The number of benzene rings is 2. The Labute approximate surface area is 163 Å². The topological polar surface area (TPSA) is 23.6 Å². The molecule has 0 radical (unpaired) electrons. The Balaban J connectivity index is 1.64. The minimum atomic E-state index is 0.151. The standard InChI is InChI=1S/C24H30N2O/c1-25(23(27)18-19-10-3-2-4-11-19)24-21-14-6-5-12-20(21)13-9-15-22(24)26-16-7-8-17-26/h2-6,10-12,14,22,24H,7-9,13,15-18H2,1H3. The Bertz CT molecular complexity index is 767. The van der Waals surface area contributed by atoms with Gasteiger partial charge in [-0.2, -0.15) is 0 Å². The van der Waals surface area contributed by atoms with Crippen molar-refractivity contribution >= 4 is 5.91 Å². The van der Waals surface area contributed by atoms with Gasteiger partial charge in [-0.15, -0.1) is 0 Å². The molecule has 3 heteroatoms. The van der Waals surface area contributed by atoms with E-state index < -0.39 is 0 Å². The van der Waals surface area contributed by atoms with Gasteiger partial charge in [-0.3, -0.25) is 9.69 Å². The summed E-state index contributed by atoms with van der Waals surface area (Å²) >= 11 is 0. The van der Waals surface area contributed by atoms with E-state index >= 15 is 0 Å². The Hall–Kier alpha value is -2.13. The van der Waals surface area contributed by atoms with E-state index in [1.54, 1.807) is 0 Å². The van der Waals surface area contributed by atoms with Crippen molar-refractivity contribution in [1.29, 1.82) is 0 Å². The van der Waals surface area contributed by atoms with Crippen LogP contribution in [0.25, 0.3) is 0 Å². The predicted octanol–water partition coefficient (Wildman–Crippen LogP) is 4.23. The Kier molecular flexibility index (Phi) is 5.58. The first-order chi connectivity index (χ1) is 13.2. The highest BCUT2D eigenvalue weighted by molar-refractivity contribution is 5.79. The second-order valence-electron chi connectivity index (χ2n) is 8.01. The van der Waals surface area contributed by atoms with Crippen LogP contribution in [0.3, 0.4) is 0 Å². The van der Waals surface area contributed by atoms with Gasteiger partial charge in [-0.1, -0.05) is 54.6 Å². The quantitative estimate of drug-likeness (QED) is 0.760. The summed E-state index contributed by atoms with van der Waals surface area (Å²) in [5.41, 5.74) is 3.87. The molecule has 1 aliphatic carbocycles. The van der Waals surface area contributed by atoms with Crippen LogP contribution in [0.2, 0.25) is 0 Å². The van der Waals surface area contributed by atoms with Crippen molar-refractivity contribution < 1.29 is 4.79 Å². The Morgan fingerprint density at radius 1 is 1.00 bits per heavy atom. The number of carbonyl (C=O) groups excluding carboxylic acids is 1. The summed E-state index contributed by atoms with van der Waals surface area (Å²) in [6, 6.07) is 19.5. The molecule has 0 aromatic heterocycles. The van der Waals surface area contributed by atoms with E-state index in [9.17, 15) is 4.79 Å². The van der Waals surface area contributed by atoms with Crippen molar-refractivity contribution in [2.75, 3.05) is 20.1 Å². The molecular weight excluding hydrogens is 332 g/mol. The van der Waals surface area contributed by atoms with Crippen LogP contribution in [0.4, 0.5) is 0 Å². The molecule has 27 heavy (non-hydrogen) atoms. The van der Waals surface area contributed by atoms with Gasteiger partial charge in [0.25, 0.3) is 0 Å². The summed E-state index contributed by atoms with van der Waals surface area (Å²) in [4.78, 5) is 17.9. The molecule has 3 nitrogen and oxygen atoms in total. The summed E-state index contributed by atoms with van der Waals surface area (Å²) < 4.78 is 0. The second-order valence-corrected chi connectivity index (χ2v) is 8.01. The van der Waals surface area contributed by atoms with Gasteiger partial charge in [0, 0.05) is 13.1 Å². The SMILES string of the molecule is CN(C(=O)Cc1ccccc1)C1c2ccccc2CCCC1N1CCCC1. The smallest absolute Gasteiger partial charge is 0.227 e. The summed E-state index contributed by atoms with van der Waals surface area (Å²) in [6.45, 7) is 2.34. The van der Waals surface area contributed by atoms with Gasteiger partial charge in [0.15, 0.2) is 0 Å². The number of carbonyl (C=O) groups is 1. The molecule has 0 N–H and O–H groups in total. The van der Waals surface area contributed by atoms with Gasteiger partial charge in [-0.05, 0) is 61.9 Å². The molecule has 142 valence electrons. The van der Waals surface area contributed by atoms with E-state index in [1.807, 2.05) is 42.3 Å². The fraction of sp³-hybridized carbons (Fsp3) is 0.458. The van der Waals surface area contributed by atoms with Crippen LogP contribution in [0.5, 0.6) is 0 Å². The maximum Gasteiger partial charge on any atom is 0.227 e. The van der Waals surface area contributed by atoms with E-state index in [0.29, 0.717) is 12.5 Å². The number of nitrogens with zero attached hydrogens (tertiary/aromatic N) is 2. The lowest BCUT2D eigenvalue weighted by Gasteiger charge is -2.39. The molecule has 2 aromatic rings. The summed E-state index contributed by atoms with van der Waals surface area (Å²) in [7, 11) is 2.01. The van der Waals surface area contributed by atoms with Crippen molar-refractivity contribution in [1.82, 2.24) is 9.80 Å². The highest BCUT2D eigenvalue weighted by Gasteiger charge is 2.37. The lowest BCUT2D eigenvalue weighted by Crippen LogP contribution is -2.46. The van der Waals surface area contributed by atoms with Crippen LogP contribution in [-0.4, -0.2) is 41.9 Å². The fourth-order valence-corrected chi connectivity index (χ4v) is 4.89. The molecule has 4 rings (SSSR count). The monoisotopic (exact) mass is 362 g/mol. The molecule has 0 bridgehead atoms. The van der Waals surface area contributed by atoms with Gasteiger partial charge >= 0.3 is 0 Å². The van der Waals surface area contributed by atoms with Crippen molar-refractivity contribution in [3.8, 4) is 0 Å². The van der Waals surface area contributed by atoms with Gasteiger partial charge in [-0.25, -0.2) is 0 Å². The Morgan fingerprint density at radius 2 is 1.70 bits per heavy atom. The van der Waals surface area contributed by atoms with Gasteiger partial charge in [0.2, 0.25) is 5.91 Å². The van der Waals surface area contributed by atoms with Crippen molar-refractivity contribution in [3.05, 3.63) is 71.3 Å². The third kappa shape index (κ3) is 3.93. The molecular formula is C24H30N2O. The zero-order valence-electron chi connectivity index (χ0n) is 16.3. The molecule has 1 amide bonds. The van der Waals surface area contributed by atoms with Crippen molar-refractivity contribution in [2.24, 2.45) is 0 Å². The summed E-state index contributed by atoms with van der Waals surface area (Å²) in [5, 5.41) is 0. The lowest BCUT2D eigenvalue weighted by molar-refractivity contribution is -0.132. The molecule has 2 atom stereocenters. The van der Waals surface area contributed by atoms with Gasteiger partial charge in [0.05, 0.1) is 12.5 Å². The van der Waals surface area contributed by atoms with E-state index in [4.69, 9.17) is 0 Å². The average Bonchev–Trinajstić information content (AvgIpc) is 3.16. The number of likely N-dealkylation sites (N-methyl/N-ethyl adjacent to an activating group) is 1. The van der Waals surface area contributed by atoms with Crippen LogP contribution in [0.15, 0.2) is 54.6 Å². The van der Waals surface area contributed by atoms with Gasteiger partial charge in [0.1, 0.15) is 0 Å². The zero-order chi connectivity index (χ0) is 18.6. The number of fused-ring (bicyclic) bond motifs is 1. The van der Waals surface area contributed by atoms with Crippen LogP contribution in [0.1, 0.15) is 48.4 Å². The number of aryl methyl sites for hydroxylation is 1. The van der Waals surface area contributed by atoms with E-state index in [1.165, 1.54) is 49.9 Å². The van der Waals surface area contributed by atoms with Crippen LogP contribution >= 0.6 is 0 Å². The first-order valence-corrected chi connectivity index (χ1v) is 10.4. The van der Waals surface area contributed by atoms with Gasteiger partial charge < -0.3 is 4.90 Å². The first kappa shape index (κ1) is 18.2. The number of hydrogen-bond donors (Lipinski definition) is 0. The van der Waals surface area contributed by atoms with Crippen molar-refractivity contribution in [3.63, 3.8) is 0 Å². The first-order valence-electron chi connectivity index (χ1n) is 10.4. The maximum absolute atomic E-state index is 13.2. The number of amides is 1. The molecule has 2 unspecified atom stereocenters. The maximum atomic E-state index is 13.2. The van der Waals surface area contributed by atoms with Crippen LogP contribution in [0, 0.1) is 0 Å². The lowest BCUT2D eigenvalue weighted by atomic mass is 9.93. The van der Waals surface area contributed by atoms with E-state index in [-0.39, 0.29) is 11.9 Å². The molecule has 1 heterocycles. The molecule has 2 aromatic carbocycles. The third-order valence-electron chi connectivity index (χ3n) is 6.30. The molecule has 1 saturated heterocycles. The minimum Gasteiger partial charge on any atom is -0.337 e. The third-order valence-corrected chi connectivity index (χ3v) is 6.30. The highest BCUT2D eigenvalue weighted by atomic mass is 16.2. The number of rotatable bonds is 4. The molecule has 2 aliphatic rings. The number of hydrogen-bond acceptors (Lipinski definition) is 2. The minimum absolute atomic E-state index is 0.151. The molecule has 0 saturated carbocycles. The average molecular weight is 363 g/mol. The van der Waals surface area contributed by atoms with E-state index in [2.05, 4.69) is 29.2 Å². The van der Waals surface area contributed by atoms with Crippen molar-refractivity contribution in [2.45, 2.75) is 50.6 Å². The van der Waals surface area contributed by atoms with Crippen LogP contribution < -0.4 is 0 Å². The summed E-state index contributed by atoms with van der Waals surface area (Å²) in [5.74, 6) is 0.215. The summed E-state index contributed by atoms with van der Waals surface area (Å²) in [6.07, 6.45) is 6.54. The zero-order valence-corrected chi connectivity index (χ0v) is 16.3. The van der Waals surface area contributed by atoms with E-state index in [0.717, 1.165) is 12.0 Å². The predicted molar refractivity (Wildman–Crippen MR) is 110 cm³/mol. The highest BCUT2D eigenvalue weighted by Crippen LogP contribution is 2.37. The Morgan fingerprint density at radius 3 is 2.48 bits per heavy atom. The van der Waals surface area contributed by atoms with Crippen LogP contribution in [-0.2, 0) is 17.6 Å². The molecule has 1 fully saturated rings. The number of likely N-dealkylation sites (tertiary alicyclic amines) is 1. The molecule has 1 aliphatic heterocycles. The normalized spacial score (nSPS) is 22.9. The molecule has 0 spiro atoms. The fourth-order valence-electron chi connectivity index (χ4n) is 4.89. The second kappa shape index (κ2) is 8.26.